The highest BCUT2D eigenvalue weighted by Crippen LogP contribution is 2.17. The van der Waals surface area contributed by atoms with E-state index in [0.29, 0.717) is 17.6 Å². The standard InChI is InChI=1S/C7H9ClN2O.ClH/c1-11-7-5(4-9)2-3-6(8)10-7;/h2-3H,4,9H2,1H3;1H. The number of rotatable bonds is 2. The molecule has 0 aliphatic carbocycles. The van der Waals surface area contributed by atoms with Crippen molar-refractivity contribution in [2.45, 2.75) is 6.54 Å². The van der Waals surface area contributed by atoms with Gasteiger partial charge in [0, 0.05) is 12.1 Å². The minimum Gasteiger partial charge on any atom is -0.481 e. The molecule has 2 N–H and O–H groups in total. The van der Waals surface area contributed by atoms with Crippen molar-refractivity contribution in [1.82, 2.24) is 4.98 Å². The Labute approximate surface area is 82.3 Å². The number of hydrogen-bond acceptors (Lipinski definition) is 3. The van der Waals surface area contributed by atoms with Crippen molar-refractivity contribution in [3.8, 4) is 5.88 Å². The Morgan fingerprint density at radius 2 is 2.25 bits per heavy atom. The first-order valence-corrected chi connectivity index (χ1v) is 3.55. The third-order valence-electron chi connectivity index (χ3n) is 1.32. The van der Waals surface area contributed by atoms with Gasteiger partial charge in [-0.15, -0.1) is 12.4 Å². The number of methoxy groups -OCH3 is 1. The number of aromatic nitrogens is 1. The van der Waals surface area contributed by atoms with Gasteiger partial charge < -0.3 is 10.5 Å². The van der Waals surface area contributed by atoms with Crippen LogP contribution >= 0.6 is 24.0 Å². The quantitative estimate of drug-likeness (QED) is 0.753. The first-order chi connectivity index (χ1) is 5.27. The molecule has 0 fully saturated rings. The third-order valence-corrected chi connectivity index (χ3v) is 1.53. The molecule has 1 rings (SSSR count). The molecule has 0 unspecified atom stereocenters. The van der Waals surface area contributed by atoms with E-state index in [2.05, 4.69) is 4.98 Å². The molecule has 1 heterocycles. The van der Waals surface area contributed by atoms with Crippen molar-refractivity contribution >= 4 is 24.0 Å². The fourth-order valence-corrected chi connectivity index (χ4v) is 0.919. The average Bonchev–Trinajstić information content (AvgIpc) is 2.04. The zero-order valence-corrected chi connectivity index (χ0v) is 8.15. The molecule has 3 nitrogen and oxygen atoms in total. The Morgan fingerprint density at radius 1 is 1.58 bits per heavy atom. The predicted octanol–water partition coefficient (Wildman–Crippen LogP) is 1.62. The summed E-state index contributed by atoms with van der Waals surface area (Å²) in [7, 11) is 1.54. The molecule has 0 aliphatic heterocycles. The van der Waals surface area contributed by atoms with Crippen LogP contribution in [0.4, 0.5) is 0 Å². The number of hydrogen-bond donors (Lipinski definition) is 1. The molecule has 0 bridgehead atoms. The van der Waals surface area contributed by atoms with Crippen molar-refractivity contribution in [2.24, 2.45) is 5.73 Å². The summed E-state index contributed by atoms with van der Waals surface area (Å²) in [5, 5.41) is 0.416. The molecule has 1 aromatic rings. The summed E-state index contributed by atoms with van der Waals surface area (Å²) in [5.74, 6) is 0.500. The van der Waals surface area contributed by atoms with Crippen molar-refractivity contribution in [1.29, 1.82) is 0 Å². The summed E-state index contributed by atoms with van der Waals surface area (Å²) in [6, 6.07) is 3.49. The van der Waals surface area contributed by atoms with Gasteiger partial charge in [0.2, 0.25) is 5.88 Å². The zero-order chi connectivity index (χ0) is 8.27. The highest BCUT2D eigenvalue weighted by molar-refractivity contribution is 6.29. The van der Waals surface area contributed by atoms with E-state index in [9.17, 15) is 0 Å². The maximum Gasteiger partial charge on any atom is 0.218 e. The van der Waals surface area contributed by atoms with Crippen molar-refractivity contribution < 1.29 is 4.74 Å². The second-order valence-corrected chi connectivity index (χ2v) is 2.39. The van der Waals surface area contributed by atoms with Crippen LogP contribution < -0.4 is 10.5 Å². The fraction of sp³-hybridized carbons (Fsp3) is 0.286. The Kier molecular flexibility index (Phi) is 4.97. The fourth-order valence-electron chi connectivity index (χ4n) is 0.779. The van der Waals surface area contributed by atoms with Crippen molar-refractivity contribution in [2.75, 3.05) is 7.11 Å². The van der Waals surface area contributed by atoms with E-state index in [0.717, 1.165) is 5.56 Å². The van der Waals surface area contributed by atoms with E-state index >= 15 is 0 Å². The molecule has 0 atom stereocenters. The molecule has 0 amide bonds. The number of halogens is 2. The number of nitrogens with two attached hydrogens (primary N) is 1. The van der Waals surface area contributed by atoms with E-state index in [1.165, 1.54) is 7.11 Å². The van der Waals surface area contributed by atoms with Gasteiger partial charge in [0.05, 0.1) is 7.11 Å². The van der Waals surface area contributed by atoms with Gasteiger partial charge in [-0.1, -0.05) is 11.6 Å². The third kappa shape index (κ3) is 2.52. The van der Waals surface area contributed by atoms with Crippen LogP contribution in [-0.2, 0) is 6.54 Å². The second-order valence-electron chi connectivity index (χ2n) is 2.01. The lowest BCUT2D eigenvalue weighted by Crippen LogP contribution is -2.01. The number of ether oxygens (including phenoxy) is 1. The molecule has 1 aromatic heterocycles. The Hall–Kier alpha value is -0.510. The van der Waals surface area contributed by atoms with Gasteiger partial charge >= 0.3 is 0 Å². The van der Waals surface area contributed by atoms with Crippen LogP contribution in [0, 0.1) is 0 Å². The molecule has 0 spiro atoms. The summed E-state index contributed by atoms with van der Waals surface area (Å²) < 4.78 is 4.94. The topological polar surface area (TPSA) is 48.1 Å². The Bertz CT molecular complexity index is 255. The van der Waals surface area contributed by atoms with E-state index in [1.807, 2.05) is 0 Å². The average molecular weight is 209 g/mol. The van der Waals surface area contributed by atoms with Crippen molar-refractivity contribution in [3.05, 3.63) is 22.8 Å². The van der Waals surface area contributed by atoms with Gasteiger partial charge in [-0.2, -0.15) is 0 Å². The van der Waals surface area contributed by atoms with Crippen LogP contribution in [0.1, 0.15) is 5.56 Å². The first kappa shape index (κ1) is 11.5. The number of nitrogens with zero attached hydrogens (tertiary/aromatic N) is 1. The Balaban J connectivity index is 0.00000121. The minimum absolute atomic E-state index is 0. The van der Waals surface area contributed by atoms with Crippen LogP contribution in [0.15, 0.2) is 12.1 Å². The van der Waals surface area contributed by atoms with E-state index in [-0.39, 0.29) is 12.4 Å². The van der Waals surface area contributed by atoms with E-state index in [1.54, 1.807) is 12.1 Å². The van der Waals surface area contributed by atoms with Crippen LogP contribution in [0.5, 0.6) is 5.88 Å². The van der Waals surface area contributed by atoms with Gasteiger partial charge in [-0.25, -0.2) is 4.98 Å². The molecule has 12 heavy (non-hydrogen) atoms. The molecular weight excluding hydrogens is 199 g/mol. The lowest BCUT2D eigenvalue weighted by Gasteiger charge is -2.03. The maximum atomic E-state index is 5.62. The molecule has 0 aliphatic rings. The van der Waals surface area contributed by atoms with Crippen LogP contribution in [0.25, 0.3) is 0 Å². The Morgan fingerprint density at radius 3 is 2.75 bits per heavy atom. The molecule has 0 saturated carbocycles. The van der Waals surface area contributed by atoms with Gasteiger partial charge in [-0.3, -0.25) is 0 Å². The van der Waals surface area contributed by atoms with Gasteiger partial charge in [-0.05, 0) is 12.1 Å². The monoisotopic (exact) mass is 208 g/mol. The highest BCUT2D eigenvalue weighted by Gasteiger charge is 2.01. The van der Waals surface area contributed by atoms with Gasteiger partial charge in [0.1, 0.15) is 5.15 Å². The summed E-state index contributed by atoms with van der Waals surface area (Å²) in [4.78, 5) is 3.93. The largest absolute Gasteiger partial charge is 0.481 e. The predicted molar refractivity (Wildman–Crippen MR) is 50.9 cm³/mol. The molecule has 0 saturated heterocycles. The van der Waals surface area contributed by atoms with Gasteiger partial charge in [0.15, 0.2) is 0 Å². The van der Waals surface area contributed by atoms with Crippen molar-refractivity contribution in [3.63, 3.8) is 0 Å². The number of pyridine rings is 1. The smallest absolute Gasteiger partial charge is 0.218 e. The second kappa shape index (κ2) is 5.19. The minimum atomic E-state index is 0. The molecule has 0 aromatic carbocycles. The van der Waals surface area contributed by atoms with Crippen LogP contribution in [-0.4, -0.2) is 12.1 Å². The van der Waals surface area contributed by atoms with Gasteiger partial charge in [0.25, 0.3) is 0 Å². The molecule has 5 heteroatoms. The lowest BCUT2D eigenvalue weighted by atomic mass is 10.3. The first-order valence-electron chi connectivity index (χ1n) is 3.17. The molecule has 68 valence electrons. The SMILES string of the molecule is COc1nc(Cl)ccc1CN.Cl. The normalized spacial score (nSPS) is 8.92. The van der Waals surface area contributed by atoms with Crippen LogP contribution in [0.3, 0.4) is 0 Å². The molecular formula is C7H10Cl2N2O. The summed E-state index contributed by atoms with van der Waals surface area (Å²) in [5.41, 5.74) is 6.27. The summed E-state index contributed by atoms with van der Waals surface area (Å²) >= 11 is 5.62. The highest BCUT2D eigenvalue weighted by atomic mass is 35.5. The summed E-state index contributed by atoms with van der Waals surface area (Å²) in [6.45, 7) is 0.410. The molecule has 0 radical (unpaired) electrons. The zero-order valence-electron chi connectivity index (χ0n) is 6.58. The maximum absolute atomic E-state index is 5.62. The van der Waals surface area contributed by atoms with E-state index < -0.39 is 0 Å². The lowest BCUT2D eigenvalue weighted by molar-refractivity contribution is 0.393. The summed E-state index contributed by atoms with van der Waals surface area (Å²) in [6.07, 6.45) is 0. The van der Waals surface area contributed by atoms with E-state index in [4.69, 9.17) is 22.1 Å². The van der Waals surface area contributed by atoms with Crippen LogP contribution in [0.2, 0.25) is 5.15 Å².